The smallest absolute Gasteiger partial charge is 0.245 e. The molecule has 1 saturated heterocycles. The number of hydrogen-bond donors (Lipinski definition) is 2. The minimum absolute atomic E-state index is 0. The van der Waals surface area contributed by atoms with Gasteiger partial charge < -0.3 is 15.4 Å². The lowest BCUT2D eigenvalue weighted by Gasteiger charge is -2.34. The van der Waals surface area contributed by atoms with Crippen LogP contribution in [0.5, 0.6) is 5.75 Å². The lowest BCUT2D eigenvalue weighted by molar-refractivity contribution is -0.119. The van der Waals surface area contributed by atoms with Gasteiger partial charge in [-0.3, -0.25) is 4.79 Å². The number of amides is 1. The van der Waals surface area contributed by atoms with E-state index in [0.717, 1.165) is 6.26 Å². The van der Waals surface area contributed by atoms with Crippen LogP contribution in [0.4, 0.5) is 5.69 Å². The van der Waals surface area contributed by atoms with E-state index in [2.05, 4.69) is 10.6 Å². The maximum absolute atomic E-state index is 12.7. The van der Waals surface area contributed by atoms with Gasteiger partial charge in [0.15, 0.2) is 14.6 Å². The Bertz CT molecular complexity index is 717. The Morgan fingerprint density at radius 1 is 1.32 bits per heavy atom. The SMILES string of the molecule is CC(C)Oc1ccc(NC(=O)C2(S(C)(=O)=O)CCNCC2)cc1Cl.Cl. The summed E-state index contributed by atoms with van der Waals surface area (Å²) in [5, 5.41) is 6.14. The van der Waals surface area contributed by atoms with Crippen LogP contribution in [0.3, 0.4) is 0 Å². The van der Waals surface area contributed by atoms with Crippen molar-refractivity contribution in [2.45, 2.75) is 37.5 Å². The summed E-state index contributed by atoms with van der Waals surface area (Å²) in [6.07, 6.45) is 1.59. The highest BCUT2D eigenvalue weighted by molar-refractivity contribution is 7.92. The molecule has 25 heavy (non-hydrogen) atoms. The van der Waals surface area contributed by atoms with Crippen molar-refractivity contribution in [3.8, 4) is 5.75 Å². The predicted octanol–water partition coefficient (Wildman–Crippen LogP) is 2.65. The number of sulfone groups is 1. The molecular weight excluding hydrogens is 387 g/mol. The Balaban J connectivity index is 0.00000312. The number of carbonyl (C=O) groups is 1. The lowest BCUT2D eigenvalue weighted by atomic mass is 9.95. The molecule has 1 amide bonds. The molecule has 0 aromatic heterocycles. The van der Waals surface area contributed by atoms with Crippen LogP contribution in [0, 0.1) is 0 Å². The monoisotopic (exact) mass is 410 g/mol. The molecule has 1 aromatic carbocycles. The Morgan fingerprint density at radius 2 is 1.92 bits per heavy atom. The number of nitrogens with one attached hydrogen (secondary N) is 2. The Kier molecular flexibility index (Phi) is 7.55. The fourth-order valence-corrected chi connectivity index (χ4v) is 4.33. The van der Waals surface area contributed by atoms with Gasteiger partial charge in [-0.2, -0.15) is 0 Å². The number of benzene rings is 1. The molecule has 1 heterocycles. The second kappa shape index (κ2) is 8.58. The summed E-state index contributed by atoms with van der Waals surface area (Å²) >= 11 is 6.16. The van der Waals surface area contributed by atoms with Gasteiger partial charge in [0, 0.05) is 11.9 Å². The number of hydrogen-bond acceptors (Lipinski definition) is 5. The van der Waals surface area contributed by atoms with Crippen molar-refractivity contribution in [1.82, 2.24) is 5.32 Å². The fourth-order valence-electron chi connectivity index (χ4n) is 2.77. The first-order valence-corrected chi connectivity index (χ1v) is 10.1. The summed E-state index contributed by atoms with van der Waals surface area (Å²) in [6, 6.07) is 4.88. The maximum Gasteiger partial charge on any atom is 0.245 e. The highest BCUT2D eigenvalue weighted by Crippen LogP contribution is 2.32. The number of anilines is 1. The first-order valence-electron chi connectivity index (χ1n) is 7.84. The number of piperidine rings is 1. The van der Waals surface area contributed by atoms with E-state index in [0.29, 0.717) is 29.5 Å². The molecule has 9 heteroatoms. The normalized spacial score (nSPS) is 16.8. The van der Waals surface area contributed by atoms with Crippen molar-refractivity contribution in [3.63, 3.8) is 0 Å². The van der Waals surface area contributed by atoms with Gasteiger partial charge in [0.05, 0.1) is 11.1 Å². The van der Waals surface area contributed by atoms with Crippen LogP contribution in [0.1, 0.15) is 26.7 Å². The number of ether oxygens (including phenoxy) is 1. The molecule has 0 unspecified atom stereocenters. The van der Waals surface area contributed by atoms with Crippen molar-refractivity contribution < 1.29 is 17.9 Å². The third-order valence-corrected chi connectivity index (χ3v) is 6.40. The largest absolute Gasteiger partial charge is 0.489 e. The summed E-state index contributed by atoms with van der Waals surface area (Å²) in [6.45, 7) is 4.75. The maximum atomic E-state index is 12.7. The van der Waals surface area contributed by atoms with Gasteiger partial charge >= 0.3 is 0 Å². The van der Waals surface area contributed by atoms with E-state index in [1.54, 1.807) is 18.2 Å². The topological polar surface area (TPSA) is 84.5 Å². The molecular formula is C16H24Cl2N2O4S. The summed E-state index contributed by atoms with van der Waals surface area (Å²) in [7, 11) is -3.55. The van der Waals surface area contributed by atoms with E-state index >= 15 is 0 Å². The Hall–Kier alpha value is -1.02. The molecule has 1 aromatic rings. The molecule has 6 nitrogen and oxygen atoms in total. The molecule has 1 fully saturated rings. The molecule has 0 bridgehead atoms. The van der Waals surface area contributed by atoms with Gasteiger partial charge in [0.25, 0.3) is 0 Å². The summed E-state index contributed by atoms with van der Waals surface area (Å²) in [4.78, 5) is 12.7. The third-order valence-electron chi connectivity index (χ3n) is 4.09. The van der Waals surface area contributed by atoms with Gasteiger partial charge in [-0.1, -0.05) is 11.6 Å². The number of halogens is 2. The van der Waals surface area contributed by atoms with Gasteiger partial charge in [-0.05, 0) is 58.0 Å². The second-order valence-corrected chi connectivity index (χ2v) is 9.02. The predicted molar refractivity (Wildman–Crippen MR) is 103 cm³/mol. The average Bonchev–Trinajstić information content (AvgIpc) is 2.49. The van der Waals surface area contributed by atoms with E-state index in [-0.39, 0.29) is 31.4 Å². The van der Waals surface area contributed by atoms with Crippen LogP contribution in [-0.2, 0) is 14.6 Å². The van der Waals surface area contributed by atoms with Crippen LogP contribution in [0.2, 0.25) is 5.02 Å². The number of carbonyl (C=O) groups excluding carboxylic acids is 1. The van der Waals surface area contributed by atoms with E-state index in [1.165, 1.54) is 0 Å². The molecule has 2 N–H and O–H groups in total. The second-order valence-electron chi connectivity index (χ2n) is 6.28. The molecule has 1 aliphatic rings. The zero-order chi connectivity index (χ0) is 18.0. The first kappa shape index (κ1) is 22.0. The molecule has 142 valence electrons. The van der Waals surface area contributed by atoms with Crippen LogP contribution in [-0.4, -0.2) is 44.5 Å². The molecule has 0 spiro atoms. The Morgan fingerprint density at radius 3 is 2.40 bits per heavy atom. The van der Waals surface area contributed by atoms with E-state index < -0.39 is 20.5 Å². The average molecular weight is 411 g/mol. The number of rotatable bonds is 5. The zero-order valence-corrected chi connectivity index (χ0v) is 16.9. The molecule has 0 radical (unpaired) electrons. The van der Waals surface area contributed by atoms with Crippen LogP contribution in [0.15, 0.2) is 18.2 Å². The molecule has 0 atom stereocenters. The van der Waals surface area contributed by atoms with Crippen LogP contribution in [0.25, 0.3) is 0 Å². The lowest BCUT2D eigenvalue weighted by Crippen LogP contribution is -2.55. The standard InChI is InChI=1S/C16H23ClN2O4S.ClH/c1-11(2)23-14-5-4-12(10-13(14)17)19-15(20)16(24(3,21)22)6-8-18-9-7-16;/h4-5,10-11,18H,6-9H2,1-3H3,(H,19,20);1H. The first-order chi connectivity index (χ1) is 11.2. The third kappa shape index (κ3) is 5.00. The summed E-state index contributed by atoms with van der Waals surface area (Å²) in [5.41, 5.74) is 0.447. The van der Waals surface area contributed by atoms with Gasteiger partial charge in [0.2, 0.25) is 5.91 Å². The minimum Gasteiger partial charge on any atom is -0.489 e. The highest BCUT2D eigenvalue weighted by Gasteiger charge is 2.48. The van der Waals surface area contributed by atoms with Crippen LogP contribution >= 0.6 is 24.0 Å². The van der Waals surface area contributed by atoms with Crippen molar-refractivity contribution >= 4 is 45.4 Å². The van der Waals surface area contributed by atoms with Gasteiger partial charge in [-0.15, -0.1) is 12.4 Å². The summed E-state index contributed by atoms with van der Waals surface area (Å²) in [5.74, 6) is 0.00412. The van der Waals surface area contributed by atoms with Crippen molar-refractivity contribution in [1.29, 1.82) is 0 Å². The summed E-state index contributed by atoms with van der Waals surface area (Å²) < 4.78 is 28.6. The van der Waals surface area contributed by atoms with E-state index in [4.69, 9.17) is 16.3 Å². The highest BCUT2D eigenvalue weighted by atomic mass is 35.5. The van der Waals surface area contributed by atoms with Gasteiger partial charge in [0.1, 0.15) is 5.75 Å². The van der Waals surface area contributed by atoms with Crippen molar-refractivity contribution in [2.24, 2.45) is 0 Å². The van der Waals surface area contributed by atoms with Crippen LogP contribution < -0.4 is 15.4 Å². The molecule has 0 saturated carbocycles. The van der Waals surface area contributed by atoms with Crippen molar-refractivity contribution in [2.75, 3.05) is 24.7 Å². The van der Waals surface area contributed by atoms with Gasteiger partial charge in [-0.25, -0.2) is 8.42 Å². The quantitative estimate of drug-likeness (QED) is 0.778. The zero-order valence-electron chi connectivity index (χ0n) is 14.5. The van der Waals surface area contributed by atoms with E-state index in [9.17, 15) is 13.2 Å². The molecule has 0 aliphatic carbocycles. The minimum atomic E-state index is -3.55. The fraction of sp³-hybridized carbons (Fsp3) is 0.562. The molecule has 1 aliphatic heterocycles. The Labute approximate surface area is 160 Å². The van der Waals surface area contributed by atoms with Crippen molar-refractivity contribution in [3.05, 3.63) is 23.2 Å². The molecule has 2 rings (SSSR count). The van der Waals surface area contributed by atoms with E-state index in [1.807, 2.05) is 13.8 Å².